The average molecular weight is 405 g/mol. The molecular formula is C20H18Cl2N2O3. The molecule has 27 heavy (non-hydrogen) atoms. The number of aryl methyl sites for hydroxylation is 1. The van der Waals surface area contributed by atoms with Gasteiger partial charge in [-0.1, -0.05) is 23.2 Å². The van der Waals surface area contributed by atoms with Crippen LogP contribution in [-0.4, -0.2) is 29.1 Å². The Morgan fingerprint density at radius 3 is 2.56 bits per heavy atom. The molecular weight excluding hydrogens is 387 g/mol. The van der Waals surface area contributed by atoms with Crippen molar-refractivity contribution in [1.82, 2.24) is 4.57 Å². The molecule has 2 aromatic rings. The second kappa shape index (κ2) is 7.33. The number of allylic oxidation sites excluding steroid dienone is 1. The molecule has 1 aliphatic heterocycles. The lowest BCUT2D eigenvalue weighted by atomic mass is 10.0. The van der Waals surface area contributed by atoms with Gasteiger partial charge in [-0.2, -0.15) is 0 Å². The van der Waals surface area contributed by atoms with Crippen molar-refractivity contribution in [2.45, 2.75) is 27.2 Å². The number of benzene rings is 1. The minimum absolute atomic E-state index is 0.000747. The van der Waals surface area contributed by atoms with Crippen molar-refractivity contribution in [3.8, 4) is 5.69 Å². The van der Waals surface area contributed by atoms with Crippen LogP contribution < -0.4 is 0 Å². The number of hydrogen-bond donors (Lipinski definition) is 0. The van der Waals surface area contributed by atoms with Crippen LogP contribution in [0, 0.1) is 13.8 Å². The van der Waals surface area contributed by atoms with Gasteiger partial charge in [0.25, 0.3) is 0 Å². The number of esters is 1. The highest BCUT2D eigenvalue weighted by Gasteiger charge is 2.32. The summed E-state index contributed by atoms with van der Waals surface area (Å²) in [6.45, 7) is 5.53. The molecule has 2 heterocycles. The number of carbonyl (C=O) groups excluding carboxylic acids is 2. The Hall–Kier alpha value is -2.37. The molecule has 0 aliphatic carbocycles. The number of hydrogen-bond acceptors (Lipinski definition) is 4. The normalized spacial score (nSPS) is 14.0. The Balaban J connectivity index is 1.95. The van der Waals surface area contributed by atoms with Crippen LogP contribution in [0.3, 0.4) is 0 Å². The Bertz CT molecular complexity index is 1030. The summed E-state index contributed by atoms with van der Waals surface area (Å²) in [4.78, 5) is 28.7. The SMILES string of the molecule is COC(=O)C1=C(C)N=C(Cc2cc(C)n(-c3cc(Cl)ccc3Cl)c2C)C1=O. The van der Waals surface area contributed by atoms with Crippen molar-refractivity contribution in [3.63, 3.8) is 0 Å². The summed E-state index contributed by atoms with van der Waals surface area (Å²) >= 11 is 12.5. The number of ketones is 1. The van der Waals surface area contributed by atoms with Gasteiger partial charge in [0.1, 0.15) is 5.57 Å². The molecule has 0 N–H and O–H groups in total. The van der Waals surface area contributed by atoms with E-state index in [1.54, 1.807) is 25.1 Å². The van der Waals surface area contributed by atoms with E-state index in [0.29, 0.717) is 27.9 Å². The zero-order valence-corrected chi connectivity index (χ0v) is 16.9. The molecule has 0 atom stereocenters. The lowest BCUT2D eigenvalue weighted by Crippen LogP contribution is -2.20. The number of aliphatic imine (C=N–C) groups is 1. The van der Waals surface area contributed by atoms with E-state index in [4.69, 9.17) is 23.2 Å². The van der Waals surface area contributed by atoms with E-state index in [9.17, 15) is 9.59 Å². The highest BCUT2D eigenvalue weighted by atomic mass is 35.5. The zero-order valence-electron chi connectivity index (χ0n) is 15.4. The molecule has 0 amide bonds. The molecule has 140 valence electrons. The van der Waals surface area contributed by atoms with Crippen molar-refractivity contribution < 1.29 is 14.3 Å². The van der Waals surface area contributed by atoms with E-state index in [-0.39, 0.29) is 11.4 Å². The van der Waals surface area contributed by atoms with Crippen LogP contribution in [0.2, 0.25) is 10.0 Å². The second-order valence-electron chi connectivity index (χ2n) is 6.34. The van der Waals surface area contributed by atoms with Gasteiger partial charge in [-0.15, -0.1) is 0 Å². The third-order valence-corrected chi connectivity index (χ3v) is 5.14. The predicted octanol–water partition coefficient (Wildman–Crippen LogP) is 4.41. The van der Waals surface area contributed by atoms with Crippen molar-refractivity contribution >= 4 is 40.7 Å². The lowest BCUT2D eigenvalue weighted by molar-refractivity contribution is -0.137. The van der Waals surface area contributed by atoms with Crippen LogP contribution in [0.15, 0.2) is 40.5 Å². The summed E-state index contributed by atoms with van der Waals surface area (Å²) in [5, 5.41) is 1.16. The van der Waals surface area contributed by atoms with Gasteiger partial charge in [0.05, 0.1) is 29.2 Å². The Morgan fingerprint density at radius 1 is 1.19 bits per heavy atom. The monoisotopic (exact) mass is 404 g/mol. The first-order valence-corrected chi connectivity index (χ1v) is 9.05. The highest BCUT2D eigenvalue weighted by Crippen LogP contribution is 2.30. The summed E-state index contributed by atoms with van der Waals surface area (Å²) < 4.78 is 6.67. The van der Waals surface area contributed by atoms with Crippen molar-refractivity contribution in [3.05, 3.63) is 62.5 Å². The maximum Gasteiger partial charge on any atom is 0.343 e. The molecule has 0 radical (unpaired) electrons. The fourth-order valence-corrected chi connectivity index (χ4v) is 3.66. The van der Waals surface area contributed by atoms with Crippen LogP contribution in [-0.2, 0) is 20.7 Å². The number of rotatable bonds is 4. The molecule has 1 aromatic carbocycles. The van der Waals surface area contributed by atoms with E-state index in [0.717, 1.165) is 22.6 Å². The van der Waals surface area contributed by atoms with E-state index in [2.05, 4.69) is 9.73 Å². The minimum Gasteiger partial charge on any atom is -0.465 e. The minimum atomic E-state index is -0.660. The number of carbonyl (C=O) groups is 2. The number of halogens is 2. The van der Waals surface area contributed by atoms with Crippen LogP contribution in [0.5, 0.6) is 0 Å². The standard InChI is InChI=1S/C20H18Cl2N2O3/c1-10-7-13(8-16-19(25)18(11(2)23-16)20(26)27-4)12(3)24(10)17-9-14(21)5-6-15(17)22/h5-7,9H,8H2,1-4H3. The van der Waals surface area contributed by atoms with Gasteiger partial charge in [0, 0.05) is 22.8 Å². The molecule has 0 saturated carbocycles. The third kappa shape index (κ3) is 3.45. The number of ether oxygens (including phenoxy) is 1. The molecule has 1 aliphatic rings. The second-order valence-corrected chi connectivity index (χ2v) is 7.19. The molecule has 0 unspecified atom stereocenters. The van der Waals surface area contributed by atoms with Gasteiger partial charge in [-0.25, -0.2) is 4.79 Å². The highest BCUT2D eigenvalue weighted by molar-refractivity contribution is 6.53. The van der Waals surface area contributed by atoms with Gasteiger partial charge in [0.15, 0.2) is 0 Å². The van der Waals surface area contributed by atoms with Crippen molar-refractivity contribution in [1.29, 1.82) is 0 Å². The number of methoxy groups -OCH3 is 1. The first kappa shape index (κ1) is 19.4. The maximum atomic E-state index is 12.6. The summed E-state index contributed by atoms with van der Waals surface area (Å²) in [6.07, 6.45) is 0.314. The average Bonchev–Trinajstić information content (AvgIpc) is 3.05. The molecule has 7 heteroatoms. The number of Topliss-reactive ketones (excluding diaryl/α,β-unsaturated/α-hetero) is 1. The molecule has 0 spiro atoms. The molecule has 0 saturated heterocycles. The summed E-state index contributed by atoms with van der Waals surface area (Å²) in [5.41, 5.74) is 4.29. The summed E-state index contributed by atoms with van der Waals surface area (Å²) in [6, 6.07) is 7.26. The van der Waals surface area contributed by atoms with Gasteiger partial charge in [-0.3, -0.25) is 9.79 Å². The van der Waals surface area contributed by atoms with Crippen LogP contribution in [0.4, 0.5) is 0 Å². The van der Waals surface area contributed by atoms with Crippen molar-refractivity contribution in [2.24, 2.45) is 4.99 Å². The van der Waals surface area contributed by atoms with E-state index in [1.807, 2.05) is 24.5 Å². The predicted molar refractivity (Wildman–Crippen MR) is 106 cm³/mol. The summed E-state index contributed by atoms with van der Waals surface area (Å²) in [7, 11) is 1.25. The number of nitrogens with zero attached hydrogens (tertiary/aromatic N) is 2. The smallest absolute Gasteiger partial charge is 0.343 e. The molecule has 5 nitrogen and oxygen atoms in total. The number of aromatic nitrogens is 1. The molecule has 1 aromatic heterocycles. The Kier molecular flexibility index (Phi) is 5.27. The van der Waals surface area contributed by atoms with Crippen LogP contribution >= 0.6 is 23.2 Å². The van der Waals surface area contributed by atoms with Crippen LogP contribution in [0.1, 0.15) is 23.9 Å². The fraction of sp³-hybridized carbons (Fsp3) is 0.250. The summed E-state index contributed by atoms with van der Waals surface area (Å²) in [5.74, 6) is -1.04. The molecule has 0 bridgehead atoms. The van der Waals surface area contributed by atoms with Crippen LogP contribution in [0.25, 0.3) is 5.69 Å². The fourth-order valence-electron chi connectivity index (χ4n) is 3.30. The Labute approximate surface area is 167 Å². The third-order valence-electron chi connectivity index (χ3n) is 4.59. The molecule has 3 rings (SSSR count). The topological polar surface area (TPSA) is 60.7 Å². The van der Waals surface area contributed by atoms with E-state index < -0.39 is 5.97 Å². The van der Waals surface area contributed by atoms with E-state index >= 15 is 0 Å². The van der Waals surface area contributed by atoms with Gasteiger partial charge >= 0.3 is 5.97 Å². The first-order chi connectivity index (χ1) is 12.7. The largest absolute Gasteiger partial charge is 0.465 e. The Morgan fingerprint density at radius 2 is 1.89 bits per heavy atom. The maximum absolute atomic E-state index is 12.6. The van der Waals surface area contributed by atoms with Gasteiger partial charge in [0.2, 0.25) is 5.78 Å². The van der Waals surface area contributed by atoms with E-state index in [1.165, 1.54) is 7.11 Å². The zero-order chi connectivity index (χ0) is 19.9. The van der Waals surface area contributed by atoms with Gasteiger partial charge < -0.3 is 9.30 Å². The lowest BCUT2D eigenvalue weighted by Gasteiger charge is -2.12. The quantitative estimate of drug-likeness (QED) is 0.559. The van der Waals surface area contributed by atoms with Gasteiger partial charge in [-0.05, 0) is 50.6 Å². The molecule has 0 fully saturated rings. The van der Waals surface area contributed by atoms with Crippen molar-refractivity contribution in [2.75, 3.05) is 7.11 Å². The first-order valence-electron chi connectivity index (χ1n) is 8.29.